The third-order valence-electron chi connectivity index (χ3n) is 6.29. The molecule has 7 rings (SSSR count). The maximum absolute atomic E-state index is 5.98. The monoisotopic (exact) mass is 500 g/mol. The van der Waals surface area contributed by atoms with E-state index in [1.807, 2.05) is 54.9 Å². The second kappa shape index (κ2) is 9.00. The van der Waals surface area contributed by atoms with E-state index in [9.17, 15) is 0 Å². The third-order valence-corrected chi connectivity index (χ3v) is 7.20. The maximum Gasteiger partial charge on any atom is 0.138 e. The highest BCUT2D eigenvalue weighted by Crippen LogP contribution is 2.35. The average molecular weight is 501 g/mol. The van der Waals surface area contributed by atoms with Gasteiger partial charge in [-0.2, -0.15) is 5.10 Å². The van der Waals surface area contributed by atoms with Crippen LogP contribution in [0.2, 0.25) is 0 Å². The minimum absolute atomic E-state index is 0.479. The summed E-state index contributed by atoms with van der Waals surface area (Å²) < 4.78 is 5.98. The fraction of sp³-hybridized carbons (Fsp3) is 0.0345. The van der Waals surface area contributed by atoms with Gasteiger partial charge >= 0.3 is 0 Å². The van der Waals surface area contributed by atoms with Gasteiger partial charge in [-0.05, 0) is 35.2 Å². The molecule has 8 heteroatoms. The number of hydrogen-bond donors (Lipinski definition) is 2. The number of benzene rings is 1. The van der Waals surface area contributed by atoms with Crippen LogP contribution < -0.4 is 4.74 Å². The van der Waals surface area contributed by atoms with Crippen LogP contribution >= 0.6 is 11.3 Å². The molecule has 0 unspecified atom stereocenters. The molecule has 7 aromatic rings. The van der Waals surface area contributed by atoms with Gasteiger partial charge in [0.2, 0.25) is 0 Å². The molecule has 0 saturated heterocycles. The smallest absolute Gasteiger partial charge is 0.138 e. The molecule has 0 fully saturated rings. The van der Waals surface area contributed by atoms with Crippen LogP contribution in [0, 0.1) is 0 Å². The van der Waals surface area contributed by atoms with Crippen molar-refractivity contribution in [3.63, 3.8) is 0 Å². The van der Waals surface area contributed by atoms with Crippen LogP contribution in [0.15, 0.2) is 97.0 Å². The molecule has 0 aliphatic rings. The van der Waals surface area contributed by atoms with Crippen LogP contribution in [0.1, 0.15) is 5.56 Å². The zero-order valence-corrected chi connectivity index (χ0v) is 20.4. The van der Waals surface area contributed by atoms with E-state index in [0.717, 1.165) is 55.6 Å². The van der Waals surface area contributed by atoms with Gasteiger partial charge in [-0.15, -0.1) is 11.3 Å². The summed E-state index contributed by atoms with van der Waals surface area (Å²) in [6.45, 7) is 0.479. The number of rotatable bonds is 6. The molecule has 6 heterocycles. The molecule has 2 N–H and O–H groups in total. The van der Waals surface area contributed by atoms with Crippen molar-refractivity contribution < 1.29 is 4.74 Å². The Bertz CT molecular complexity index is 1840. The number of thiophene rings is 1. The predicted molar refractivity (Wildman–Crippen MR) is 146 cm³/mol. The lowest BCUT2D eigenvalue weighted by atomic mass is 10.1. The van der Waals surface area contributed by atoms with Crippen LogP contribution in [-0.4, -0.2) is 30.1 Å². The molecule has 178 valence electrons. The summed E-state index contributed by atoms with van der Waals surface area (Å²) in [7, 11) is 0. The fourth-order valence-electron chi connectivity index (χ4n) is 4.47. The molecule has 6 aromatic heterocycles. The Hall–Kier alpha value is -4.82. The number of nitrogens with one attached hydrogen (secondary N) is 2. The molecule has 1 aromatic carbocycles. The van der Waals surface area contributed by atoms with Crippen molar-refractivity contribution in [2.75, 3.05) is 0 Å². The van der Waals surface area contributed by atoms with Crippen LogP contribution in [0.25, 0.3) is 54.9 Å². The summed E-state index contributed by atoms with van der Waals surface area (Å²) in [6, 6.07) is 20.4. The summed E-state index contributed by atoms with van der Waals surface area (Å²) in [5.41, 5.74) is 7.46. The summed E-state index contributed by atoms with van der Waals surface area (Å²) in [5.74, 6) is 0.694. The van der Waals surface area contributed by atoms with Crippen molar-refractivity contribution in [3.8, 4) is 38.8 Å². The molecule has 0 radical (unpaired) electrons. The van der Waals surface area contributed by atoms with Gasteiger partial charge in [0.15, 0.2) is 0 Å². The van der Waals surface area contributed by atoms with Gasteiger partial charge in [0.25, 0.3) is 0 Å². The zero-order chi connectivity index (χ0) is 24.6. The zero-order valence-electron chi connectivity index (χ0n) is 19.6. The summed E-state index contributed by atoms with van der Waals surface area (Å²) >= 11 is 1.70. The lowest BCUT2D eigenvalue weighted by Gasteiger charge is -2.08. The Morgan fingerprint density at radius 1 is 0.811 bits per heavy atom. The topological polar surface area (TPSA) is 92.4 Å². The number of fused-ring (bicyclic) bond motifs is 2. The minimum Gasteiger partial charge on any atom is -0.487 e. The SMILES string of the molecule is c1ccc(COc2cncc(-c3cc4c(-c5cc6c(-c7cccs7)cncc6[nH]5)n[nH]c4cn3)c2)cc1. The predicted octanol–water partition coefficient (Wildman–Crippen LogP) is 6.87. The van der Waals surface area contributed by atoms with Crippen LogP contribution in [0.3, 0.4) is 0 Å². The molecule has 0 amide bonds. The number of nitrogens with zero attached hydrogens (tertiary/aromatic N) is 4. The standard InChI is InChI=1S/C29H20N6OS/c1-2-5-18(6-3-1)17-36-20-9-19(12-30-13-20)24-11-22-27(16-32-24)34-35-29(22)25-10-21-23(28-7-4-8-37-28)14-31-15-26(21)33-25/h1-16,33H,17H2,(H,34,35). The minimum atomic E-state index is 0.479. The van der Waals surface area contributed by atoms with E-state index in [1.165, 1.54) is 4.88 Å². The van der Waals surface area contributed by atoms with E-state index in [2.05, 4.69) is 53.7 Å². The van der Waals surface area contributed by atoms with Gasteiger partial charge in [-0.1, -0.05) is 36.4 Å². The van der Waals surface area contributed by atoms with E-state index < -0.39 is 0 Å². The Kier molecular flexibility index (Phi) is 5.22. The summed E-state index contributed by atoms with van der Waals surface area (Å²) in [6.07, 6.45) is 9.09. The normalized spacial score (nSPS) is 11.4. The molecule has 0 aliphatic heterocycles. The Labute approximate surface area is 215 Å². The molecular weight excluding hydrogens is 480 g/mol. The highest BCUT2D eigenvalue weighted by atomic mass is 32.1. The second-order valence-electron chi connectivity index (χ2n) is 8.68. The average Bonchev–Trinajstić information content (AvgIpc) is 3.71. The highest BCUT2D eigenvalue weighted by molar-refractivity contribution is 7.13. The van der Waals surface area contributed by atoms with Crippen molar-refractivity contribution in [2.45, 2.75) is 6.61 Å². The van der Waals surface area contributed by atoms with Gasteiger partial charge in [0.05, 0.1) is 41.0 Å². The second-order valence-corrected chi connectivity index (χ2v) is 9.63. The molecule has 7 nitrogen and oxygen atoms in total. The van der Waals surface area contributed by atoms with E-state index in [0.29, 0.717) is 12.4 Å². The molecular formula is C29H20N6OS. The van der Waals surface area contributed by atoms with Crippen molar-refractivity contribution in [3.05, 3.63) is 103 Å². The number of aromatic amines is 2. The fourth-order valence-corrected chi connectivity index (χ4v) is 5.22. The largest absolute Gasteiger partial charge is 0.487 e. The Morgan fingerprint density at radius 2 is 1.73 bits per heavy atom. The summed E-state index contributed by atoms with van der Waals surface area (Å²) in [5, 5.41) is 11.9. The number of hydrogen-bond acceptors (Lipinski definition) is 6. The van der Waals surface area contributed by atoms with Crippen molar-refractivity contribution >= 4 is 33.1 Å². The number of H-pyrrole nitrogens is 2. The highest BCUT2D eigenvalue weighted by Gasteiger charge is 2.15. The van der Waals surface area contributed by atoms with Crippen molar-refractivity contribution in [1.82, 2.24) is 30.1 Å². The summed E-state index contributed by atoms with van der Waals surface area (Å²) in [4.78, 5) is 18.2. The molecule has 0 bridgehead atoms. The van der Waals surface area contributed by atoms with Gasteiger partial charge < -0.3 is 9.72 Å². The van der Waals surface area contributed by atoms with Gasteiger partial charge in [0.1, 0.15) is 18.1 Å². The number of pyridine rings is 3. The number of aromatic nitrogens is 6. The first-order valence-electron chi connectivity index (χ1n) is 11.8. The van der Waals surface area contributed by atoms with Gasteiger partial charge in [-0.25, -0.2) is 0 Å². The van der Waals surface area contributed by atoms with Gasteiger partial charge in [-0.3, -0.25) is 20.1 Å². The van der Waals surface area contributed by atoms with Gasteiger partial charge in [0, 0.05) is 39.2 Å². The van der Waals surface area contributed by atoms with Crippen LogP contribution in [-0.2, 0) is 6.61 Å². The Balaban J connectivity index is 1.24. The molecule has 0 spiro atoms. The third kappa shape index (κ3) is 4.03. The van der Waals surface area contributed by atoms with Crippen LogP contribution in [0.4, 0.5) is 0 Å². The molecule has 37 heavy (non-hydrogen) atoms. The quantitative estimate of drug-likeness (QED) is 0.260. The van der Waals surface area contributed by atoms with Crippen LogP contribution in [0.5, 0.6) is 5.75 Å². The Morgan fingerprint density at radius 3 is 2.62 bits per heavy atom. The molecule has 0 atom stereocenters. The van der Waals surface area contributed by atoms with E-state index >= 15 is 0 Å². The van der Waals surface area contributed by atoms with E-state index in [1.54, 1.807) is 29.9 Å². The molecule has 0 saturated carbocycles. The lowest BCUT2D eigenvalue weighted by molar-refractivity contribution is 0.305. The number of ether oxygens (including phenoxy) is 1. The lowest BCUT2D eigenvalue weighted by Crippen LogP contribution is -1.96. The van der Waals surface area contributed by atoms with E-state index in [-0.39, 0.29) is 0 Å². The van der Waals surface area contributed by atoms with Crippen molar-refractivity contribution in [2.24, 2.45) is 0 Å². The van der Waals surface area contributed by atoms with Crippen molar-refractivity contribution in [1.29, 1.82) is 0 Å². The first-order chi connectivity index (χ1) is 18.3. The first-order valence-corrected chi connectivity index (χ1v) is 12.7. The first kappa shape index (κ1) is 21.5. The maximum atomic E-state index is 5.98. The van der Waals surface area contributed by atoms with E-state index in [4.69, 9.17) is 4.74 Å². The molecule has 0 aliphatic carbocycles.